The molecule has 0 aliphatic rings. The zero-order chi connectivity index (χ0) is 23.2. The Morgan fingerprint density at radius 3 is 1.48 bits per heavy atom. The van der Waals surface area contributed by atoms with Crippen molar-refractivity contribution in [1.29, 1.82) is 0 Å². The van der Waals surface area contributed by atoms with Crippen LogP contribution in [0.1, 0.15) is 21.5 Å². The van der Waals surface area contributed by atoms with Crippen molar-refractivity contribution in [2.75, 3.05) is 0 Å². The van der Waals surface area contributed by atoms with E-state index in [0.29, 0.717) is 0 Å². The molecule has 1 aromatic carbocycles. The van der Waals surface area contributed by atoms with Gasteiger partial charge in [0.1, 0.15) is 0 Å². The fraction of sp³-hybridized carbons (Fsp3) is 0.417. The Balaban J connectivity index is 3.53. The van der Waals surface area contributed by atoms with Crippen molar-refractivity contribution in [2.24, 2.45) is 0 Å². The largest absolute Gasteiger partial charge is 0.441 e. The normalized spacial score (nSPS) is 15.2. The Morgan fingerprint density at radius 1 is 0.828 bits per heavy atom. The van der Waals surface area contributed by atoms with Gasteiger partial charge < -0.3 is 4.74 Å². The van der Waals surface area contributed by atoms with Crippen LogP contribution < -0.4 is 0 Å². The topological polar surface area (TPSA) is 80.7 Å². The van der Waals surface area contributed by atoms with E-state index < -0.39 is 80.9 Å². The number of rotatable bonds is 4. The van der Waals surface area contributed by atoms with Crippen LogP contribution in [0, 0.1) is 0 Å². The zero-order valence-electron chi connectivity index (χ0n) is 13.0. The zero-order valence-corrected chi connectivity index (χ0v) is 13.8. The summed E-state index contributed by atoms with van der Waals surface area (Å²) in [5.74, 6) is -2.80. The Morgan fingerprint density at radius 2 is 1.21 bits per heavy atom. The summed E-state index contributed by atoms with van der Waals surface area (Å²) in [6.07, 6.45) is -22.4. The summed E-state index contributed by atoms with van der Waals surface area (Å²) in [7, 11) is -6.87. The van der Waals surface area contributed by atoms with Gasteiger partial charge in [-0.15, -0.1) is 0 Å². The highest BCUT2D eigenvalue weighted by Crippen LogP contribution is 2.40. The average Bonchev–Trinajstić information content (AvgIpc) is 2.47. The highest BCUT2D eigenvalue weighted by molar-refractivity contribution is 7.86. The fourth-order valence-corrected chi connectivity index (χ4v) is 2.16. The summed E-state index contributed by atoms with van der Waals surface area (Å²) in [5, 5.41) is -6.23. The highest BCUT2D eigenvalue weighted by atomic mass is 32.2. The van der Waals surface area contributed by atoms with Crippen LogP contribution in [0.25, 0.3) is 0 Å². The smallest absolute Gasteiger partial charge is 0.432 e. The number of alkyl halides is 11. The number of carbonyl (C=O) groups is 1. The molecule has 1 unspecified atom stereocenters. The van der Waals surface area contributed by atoms with Crippen molar-refractivity contribution >= 4 is 16.1 Å². The van der Waals surface area contributed by atoms with Gasteiger partial charge >= 0.3 is 39.9 Å². The lowest BCUT2D eigenvalue weighted by Crippen LogP contribution is -2.52. The summed E-state index contributed by atoms with van der Waals surface area (Å²) in [6.45, 7) is 0. The molecule has 0 heterocycles. The van der Waals surface area contributed by atoms with Crippen molar-refractivity contribution in [3.05, 3.63) is 34.9 Å². The molecule has 1 N–H and O–H groups in total. The minimum absolute atomic E-state index is 0.434. The lowest BCUT2D eigenvalue weighted by Gasteiger charge is -2.26. The van der Waals surface area contributed by atoms with E-state index in [1.54, 1.807) is 0 Å². The number of carbonyl (C=O) groups excluding carboxylic acids is 1. The summed E-state index contributed by atoms with van der Waals surface area (Å²) in [4.78, 5) is 11.6. The maximum Gasteiger partial charge on any atom is 0.432 e. The third-order valence-corrected chi connectivity index (χ3v) is 3.90. The van der Waals surface area contributed by atoms with Crippen LogP contribution in [0.15, 0.2) is 18.2 Å². The molecule has 29 heavy (non-hydrogen) atoms. The highest BCUT2D eigenvalue weighted by Gasteiger charge is 2.66. The van der Waals surface area contributed by atoms with Crippen LogP contribution in [-0.4, -0.2) is 36.5 Å². The Kier molecular flexibility index (Phi) is 6.23. The molecular formula is C12H5F11O5S. The summed E-state index contributed by atoms with van der Waals surface area (Å²) in [5.41, 5.74) is -6.28. The van der Waals surface area contributed by atoms with Gasteiger partial charge in [-0.1, -0.05) is 0 Å². The molecular weight excluding hydrogens is 465 g/mol. The van der Waals surface area contributed by atoms with Gasteiger partial charge in [-0.25, -0.2) is 4.79 Å². The molecule has 0 saturated heterocycles. The van der Waals surface area contributed by atoms with E-state index >= 15 is 0 Å². The molecule has 0 bridgehead atoms. The third-order valence-electron chi connectivity index (χ3n) is 2.99. The van der Waals surface area contributed by atoms with Crippen molar-refractivity contribution < 1.29 is 70.8 Å². The first-order chi connectivity index (χ1) is 12.6. The number of esters is 1. The van der Waals surface area contributed by atoms with E-state index in [2.05, 4.69) is 4.74 Å². The molecule has 0 aliphatic heterocycles. The number of benzene rings is 1. The van der Waals surface area contributed by atoms with Crippen LogP contribution in [-0.2, 0) is 27.2 Å². The number of hydrogen-bond donors (Lipinski definition) is 1. The molecule has 0 saturated carbocycles. The Hall–Kier alpha value is -2.17. The van der Waals surface area contributed by atoms with E-state index in [4.69, 9.17) is 4.55 Å². The minimum atomic E-state index is -6.87. The maximum absolute atomic E-state index is 13.3. The summed E-state index contributed by atoms with van der Waals surface area (Å²) >= 11 is 0. The van der Waals surface area contributed by atoms with Crippen LogP contribution in [0.5, 0.6) is 0 Å². The molecule has 17 heteroatoms. The van der Waals surface area contributed by atoms with Crippen LogP contribution >= 0.6 is 0 Å². The summed E-state index contributed by atoms with van der Waals surface area (Å²) < 4.78 is 173. The molecule has 0 aromatic heterocycles. The molecule has 5 nitrogen and oxygen atoms in total. The van der Waals surface area contributed by atoms with Crippen LogP contribution in [0.4, 0.5) is 48.3 Å². The van der Waals surface area contributed by atoms with Gasteiger partial charge in [-0.05, 0) is 18.2 Å². The molecule has 1 rings (SSSR count). The van der Waals surface area contributed by atoms with Gasteiger partial charge in [0.05, 0.1) is 16.7 Å². The molecule has 0 aliphatic carbocycles. The van der Waals surface area contributed by atoms with Gasteiger partial charge in [0.15, 0.2) is 0 Å². The van der Waals surface area contributed by atoms with Crippen molar-refractivity contribution in [2.45, 2.75) is 29.9 Å². The van der Waals surface area contributed by atoms with E-state index in [1.807, 2.05) is 0 Å². The van der Waals surface area contributed by atoms with Gasteiger partial charge in [0.2, 0.25) is 0 Å². The van der Waals surface area contributed by atoms with E-state index in [9.17, 15) is 61.5 Å². The first-order valence-electron chi connectivity index (χ1n) is 6.50. The summed E-state index contributed by atoms with van der Waals surface area (Å²) in [6, 6.07) is -1.39. The first-order valence-corrected chi connectivity index (χ1v) is 7.94. The van der Waals surface area contributed by atoms with Gasteiger partial charge in [-0.2, -0.15) is 56.7 Å². The monoisotopic (exact) mass is 470 g/mol. The fourth-order valence-electron chi connectivity index (χ4n) is 1.71. The van der Waals surface area contributed by atoms with E-state index in [-0.39, 0.29) is 0 Å². The molecule has 1 aromatic rings. The quantitative estimate of drug-likeness (QED) is 0.404. The van der Waals surface area contributed by atoms with Gasteiger partial charge in [0.25, 0.3) is 6.10 Å². The van der Waals surface area contributed by atoms with Crippen molar-refractivity contribution in [1.82, 2.24) is 0 Å². The maximum atomic E-state index is 13.3. The van der Waals surface area contributed by atoms with Gasteiger partial charge in [-0.3, -0.25) is 4.55 Å². The molecule has 166 valence electrons. The lowest BCUT2D eigenvalue weighted by atomic mass is 10.0. The van der Waals surface area contributed by atoms with Gasteiger partial charge in [0, 0.05) is 0 Å². The Labute approximate surface area is 152 Å². The van der Waals surface area contributed by atoms with Crippen LogP contribution in [0.3, 0.4) is 0 Å². The molecule has 0 spiro atoms. The van der Waals surface area contributed by atoms with E-state index in [0.717, 1.165) is 0 Å². The number of hydrogen-bond acceptors (Lipinski definition) is 4. The third kappa shape index (κ3) is 5.68. The predicted molar refractivity (Wildman–Crippen MR) is 68.2 cm³/mol. The minimum Gasteiger partial charge on any atom is -0.441 e. The second-order valence-electron chi connectivity index (χ2n) is 5.16. The molecule has 0 fully saturated rings. The molecule has 1 atom stereocenters. The second kappa shape index (κ2) is 7.26. The molecule has 0 amide bonds. The van der Waals surface area contributed by atoms with Crippen LogP contribution in [0.2, 0.25) is 0 Å². The predicted octanol–water partition coefficient (Wildman–Crippen LogP) is 4.29. The number of halogens is 11. The second-order valence-corrected chi connectivity index (χ2v) is 6.65. The SMILES string of the molecule is O=C(OC(C(F)(F)F)C(F)(F)S(=O)(=O)O)c1cc(C(F)(F)F)cc(C(F)(F)F)c1. The number of ether oxygens (including phenoxy) is 1. The lowest BCUT2D eigenvalue weighted by molar-refractivity contribution is -0.248. The first kappa shape index (κ1) is 24.9. The standard InChI is InChI=1S/C12H5F11O5S/c13-9(14,15)5-1-4(2-6(3-5)10(16,17)18)7(24)28-8(11(19,20)21)12(22,23)29(25,26)27/h1-3,8H,(H,25,26,27). The average molecular weight is 470 g/mol. The molecule has 0 radical (unpaired) electrons. The van der Waals surface area contributed by atoms with Crippen molar-refractivity contribution in [3.8, 4) is 0 Å². The van der Waals surface area contributed by atoms with Crippen molar-refractivity contribution in [3.63, 3.8) is 0 Å². The van der Waals surface area contributed by atoms with E-state index in [1.165, 1.54) is 0 Å². The Bertz CT molecular complexity index is 851.